The summed E-state index contributed by atoms with van der Waals surface area (Å²) in [6.07, 6.45) is 8.49. The summed E-state index contributed by atoms with van der Waals surface area (Å²) in [5.74, 6) is -5.46. The Hall–Kier alpha value is -4.15. The van der Waals surface area contributed by atoms with Crippen molar-refractivity contribution in [2.45, 2.75) is 70.3 Å². The lowest BCUT2D eigenvalue weighted by Gasteiger charge is -2.28. The number of rotatable bonds is 12. The van der Waals surface area contributed by atoms with Gasteiger partial charge in [0.25, 0.3) is 0 Å². The average Bonchev–Trinajstić information content (AvgIpc) is 3.02. The fourth-order valence-corrected chi connectivity index (χ4v) is 5.98. The topological polar surface area (TPSA) is 44.2 Å². The summed E-state index contributed by atoms with van der Waals surface area (Å²) in [5, 5.41) is 0. The van der Waals surface area contributed by atoms with Crippen molar-refractivity contribution >= 4 is 0 Å². The van der Waals surface area contributed by atoms with Crippen molar-refractivity contribution in [1.82, 2.24) is 9.97 Å². The number of ether oxygens (including phenoxy) is 2. The highest BCUT2D eigenvalue weighted by molar-refractivity contribution is 5.69. The van der Waals surface area contributed by atoms with E-state index in [1.807, 2.05) is 0 Å². The zero-order chi connectivity index (χ0) is 32.8. The van der Waals surface area contributed by atoms with Crippen molar-refractivity contribution < 1.29 is 40.2 Å². The Kier molecular flexibility index (Phi) is 10.5. The Morgan fingerprint density at radius 2 is 1.46 bits per heavy atom. The molecule has 0 amide bonds. The van der Waals surface area contributed by atoms with E-state index < -0.39 is 53.3 Å². The Balaban J connectivity index is 1.28. The van der Waals surface area contributed by atoms with Crippen molar-refractivity contribution in [3.05, 3.63) is 95.3 Å². The zero-order valence-electron chi connectivity index (χ0n) is 25.1. The van der Waals surface area contributed by atoms with Gasteiger partial charge in [0.15, 0.2) is 17.4 Å². The Morgan fingerprint density at radius 1 is 0.783 bits per heavy atom. The first kappa shape index (κ1) is 33.2. The highest BCUT2D eigenvalue weighted by atomic mass is 19.3. The average molecular weight is 647 g/mol. The van der Waals surface area contributed by atoms with Crippen molar-refractivity contribution in [2.75, 3.05) is 6.86 Å². The van der Waals surface area contributed by atoms with Crippen LogP contribution in [0.15, 0.2) is 60.9 Å². The van der Waals surface area contributed by atoms with Crippen LogP contribution in [-0.2, 0) is 6.11 Å². The van der Waals surface area contributed by atoms with Gasteiger partial charge in [-0.2, -0.15) is 8.78 Å². The summed E-state index contributed by atoms with van der Waals surface area (Å²) >= 11 is 0. The SMILES string of the molecule is CCCCCC1CCC(c2cnc(-c3ccc(-c4cc(F)c(C(F)(F)Oc5ccc(OCF)c(F)c5)c(F)c4)c(F)c3)nc2)CC1. The summed E-state index contributed by atoms with van der Waals surface area (Å²) in [6, 6.07) is 7.04. The first-order valence-corrected chi connectivity index (χ1v) is 15.3. The van der Waals surface area contributed by atoms with Gasteiger partial charge >= 0.3 is 6.11 Å². The third-order valence-corrected chi connectivity index (χ3v) is 8.44. The second kappa shape index (κ2) is 14.5. The molecule has 11 heteroatoms. The number of nitrogens with zero attached hydrogens (tertiary/aromatic N) is 2. The molecule has 0 spiro atoms. The van der Waals surface area contributed by atoms with Crippen LogP contribution >= 0.6 is 0 Å². The molecule has 46 heavy (non-hydrogen) atoms. The van der Waals surface area contributed by atoms with Crippen LogP contribution in [-0.4, -0.2) is 16.8 Å². The maximum absolute atomic E-state index is 15.2. The van der Waals surface area contributed by atoms with Gasteiger partial charge in [0.1, 0.15) is 28.8 Å². The van der Waals surface area contributed by atoms with Gasteiger partial charge in [-0.25, -0.2) is 31.9 Å². The third kappa shape index (κ3) is 7.62. The van der Waals surface area contributed by atoms with Crippen LogP contribution in [0.1, 0.15) is 75.3 Å². The van der Waals surface area contributed by atoms with Gasteiger partial charge in [0.05, 0.1) is 0 Å². The molecule has 0 saturated heterocycles. The molecular formula is C35H33F7N2O2. The quantitative estimate of drug-likeness (QED) is 0.114. The molecular weight excluding hydrogens is 613 g/mol. The van der Waals surface area contributed by atoms with Crippen LogP contribution in [0.4, 0.5) is 30.7 Å². The molecule has 3 aromatic carbocycles. The fourth-order valence-electron chi connectivity index (χ4n) is 5.98. The van der Waals surface area contributed by atoms with Gasteiger partial charge in [0, 0.05) is 29.6 Å². The molecule has 0 bridgehead atoms. The first-order chi connectivity index (χ1) is 22.1. The summed E-state index contributed by atoms with van der Waals surface area (Å²) < 4.78 is 110. The Morgan fingerprint density at radius 3 is 2.07 bits per heavy atom. The molecule has 5 rings (SSSR count). The number of halogens is 7. The second-order valence-electron chi connectivity index (χ2n) is 11.5. The first-order valence-electron chi connectivity index (χ1n) is 15.3. The largest absolute Gasteiger partial charge is 0.460 e. The predicted octanol–water partition coefficient (Wildman–Crippen LogP) is 10.7. The van der Waals surface area contributed by atoms with Gasteiger partial charge in [-0.1, -0.05) is 44.7 Å². The normalized spacial score (nSPS) is 16.8. The molecule has 1 aliphatic carbocycles. The molecule has 1 saturated carbocycles. The number of unbranched alkanes of at least 4 members (excludes halogenated alkanes) is 2. The predicted molar refractivity (Wildman–Crippen MR) is 159 cm³/mol. The monoisotopic (exact) mass is 646 g/mol. The van der Waals surface area contributed by atoms with E-state index in [2.05, 4.69) is 26.4 Å². The van der Waals surface area contributed by atoms with E-state index in [9.17, 15) is 26.3 Å². The Labute approximate surface area is 262 Å². The molecule has 0 unspecified atom stereocenters. The number of alkyl halides is 3. The number of benzene rings is 3. The van der Waals surface area contributed by atoms with Gasteiger partial charge in [-0.05, 0) is 79.0 Å². The number of hydrogen-bond acceptors (Lipinski definition) is 4. The maximum Gasteiger partial charge on any atom is 0.432 e. The highest BCUT2D eigenvalue weighted by Crippen LogP contribution is 2.40. The minimum Gasteiger partial charge on any atom is -0.460 e. The van der Waals surface area contributed by atoms with Crippen LogP contribution < -0.4 is 9.47 Å². The van der Waals surface area contributed by atoms with Crippen LogP contribution in [0.5, 0.6) is 11.5 Å². The van der Waals surface area contributed by atoms with Crippen molar-refractivity contribution in [2.24, 2.45) is 5.92 Å². The van der Waals surface area contributed by atoms with E-state index in [0.29, 0.717) is 29.7 Å². The van der Waals surface area contributed by atoms with Gasteiger partial charge in [-0.15, -0.1) is 0 Å². The summed E-state index contributed by atoms with van der Waals surface area (Å²) in [5.41, 5.74) is -0.960. The molecule has 0 radical (unpaired) electrons. The van der Waals surface area contributed by atoms with Crippen molar-refractivity contribution in [3.63, 3.8) is 0 Å². The third-order valence-electron chi connectivity index (χ3n) is 8.44. The zero-order valence-corrected chi connectivity index (χ0v) is 25.1. The molecule has 0 aliphatic heterocycles. The highest BCUT2D eigenvalue weighted by Gasteiger charge is 2.41. The lowest BCUT2D eigenvalue weighted by Crippen LogP contribution is -2.25. The lowest BCUT2D eigenvalue weighted by molar-refractivity contribution is -0.189. The van der Waals surface area contributed by atoms with Crippen LogP contribution in [0.3, 0.4) is 0 Å². The summed E-state index contributed by atoms with van der Waals surface area (Å²) in [6.45, 7) is 0.846. The molecule has 244 valence electrons. The van der Waals surface area contributed by atoms with Crippen LogP contribution in [0, 0.1) is 29.2 Å². The van der Waals surface area contributed by atoms with Crippen molar-refractivity contribution in [3.8, 4) is 34.0 Å². The van der Waals surface area contributed by atoms with Crippen molar-refractivity contribution in [1.29, 1.82) is 0 Å². The van der Waals surface area contributed by atoms with Gasteiger partial charge in [-0.3, -0.25) is 0 Å². The van der Waals surface area contributed by atoms with Crippen LogP contribution in [0.2, 0.25) is 0 Å². The molecule has 4 nitrogen and oxygen atoms in total. The minimum absolute atomic E-state index is 0.241. The van der Waals surface area contributed by atoms with E-state index in [1.54, 1.807) is 12.4 Å². The molecule has 1 fully saturated rings. The van der Waals surface area contributed by atoms with Crippen LogP contribution in [0.25, 0.3) is 22.5 Å². The maximum atomic E-state index is 15.2. The number of aromatic nitrogens is 2. The fraction of sp³-hybridized carbons (Fsp3) is 0.371. The smallest absolute Gasteiger partial charge is 0.432 e. The molecule has 1 aromatic heterocycles. The summed E-state index contributed by atoms with van der Waals surface area (Å²) in [4.78, 5) is 8.85. The molecule has 0 N–H and O–H groups in total. The molecule has 0 atom stereocenters. The van der Waals surface area contributed by atoms with E-state index in [-0.39, 0.29) is 17.0 Å². The molecule has 1 aliphatic rings. The standard InChI is InChI=1S/C35H33F7N2O2/c1-2-3-4-5-21-6-8-22(9-7-21)25-18-43-34(44-19-25)23-10-12-27(28(37)14-23)24-15-30(39)33(31(40)16-24)35(41,42)46-26-11-13-32(45-20-36)29(38)17-26/h10-19,21-22H,2-9,20H2,1H3. The van der Waals surface area contributed by atoms with E-state index in [1.165, 1.54) is 50.7 Å². The minimum atomic E-state index is -4.58. The van der Waals surface area contributed by atoms with Gasteiger partial charge < -0.3 is 9.47 Å². The van der Waals surface area contributed by atoms with E-state index in [0.717, 1.165) is 42.5 Å². The second-order valence-corrected chi connectivity index (χ2v) is 11.5. The number of hydrogen-bond donors (Lipinski definition) is 0. The lowest BCUT2D eigenvalue weighted by atomic mass is 9.77. The van der Waals surface area contributed by atoms with E-state index >= 15 is 4.39 Å². The summed E-state index contributed by atoms with van der Waals surface area (Å²) in [7, 11) is 0. The van der Waals surface area contributed by atoms with Gasteiger partial charge in [0.2, 0.25) is 6.86 Å². The molecule has 1 heterocycles. The van der Waals surface area contributed by atoms with E-state index in [4.69, 9.17) is 0 Å². The molecule has 4 aromatic rings. The Bertz CT molecular complexity index is 1620.